The predicted octanol–water partition coefficient (Wildman–Crippen LogP) is 1.63. The molecule has 2 fully saturated rings. The van der Waals surface area contributed by atoms with Gasteiger partial charge in [-0.15, -0.1) is 5.10 Å². The van der Waals surface area contributed by atoms with Crippen LogP contribution in [-0.4, -0.2) is 83.1 Å². The largest absolute Gasteiger partial charge is 0.339 e. The van der Waals surface area contributed by atoms with Crippen LogP contribution in [0.15, 0.2) is 29.6 Å². The molecule has 1 aromatic heterocycles. The molecule has 0 aliphatic carbocycles. The molecule has 0 unspecified atom stereocenters. The first-order valence-electron chi connectivity index (χ1n) is 9.31. The van der Waals surface area contributed by atoms with Gasteiger partial charge in [-0.25, -0.2) is 4.39 Å². The molecule has 2 aliphatic heterocycles. The summed E-state index contributed by atoms with van der Waals surface area (Å²) >= 11 is 1.34. The van der Waals surface area contributed by atoms with Crippen LogP contribution in [0.3, 0.4) is 0 Å². The van der Waals surface area contributed by atoms with Crippen molar-refractivity contribution in [3.05, 3.63) is 46.7 Å². The summed E-state index contributed by atoms with van der Waals surface area (Å²) in [6.45, 7) is 5.41. The van der Waals surface area contributed by atoms with E-state index >= 15 is 0 Å². The van der Waals surface area contributed by atoms with Gasteiger partial charge in [0, 0.05) is 56.5 Å². The molecule has 144 valence electrons. The Morgan fingerprint density at radius 3 is 2.52 bits per heavy atom. The number of rotatable bonds is 4. The van der Waals surface area contributed by atoms with Crippen molar-refractivity contribution < 1.29 is 9.18 Å². The zero-order chi connectivity index (χ0) is 18.8. The van der Waals surface area contributed by atoms with Gasteiger partial charge >= 0.3 is 0 Å². The van der Waals surface area contributed by atoms with Crippen LogP contribution < -0.4 is 0 Å². The molecule has 2 aliphatic rings. The van der Waals surface area contributed by atoms with Crippen LogP contribution in [0.25, 0.3) is 0 Å². The maximum absolute atomic E-state index is 13.3. The third kappa shape index (κ3) is 4.17. The number of piperazine rings is 1. The summed E-state index contributed by atoms with van der Waals surface area (Å²) in [5.41, 5.74) is 2.05. The van der Waals surface area contributed by atoms with E-state index in [9.17, 15) is 9.18 Å². The molecule has 0 radical (unpaired) electrons. The molecule has 0 saturated carbocycles. The summed E-state index contributed by atoms with van der Waals surface area (Å²) in [5.74, 6) is 0.327. The van der Waals surface area contributed by atoms with Crippen LogP contribution in [0.5, 0.6) is 0 Å². The van der Waals surface area contributed by atoms with Gasteiger partial charge in [0.2, 0.25) is 5.91 Å². The number of hydrogen-bond donors (Lipinski definition) is 0. The average Bonchev–Trinajstić information content (AvgIpc) is 3.32. The SMILES string of the molecule is CN1CCN(C(=O)CN2C[C@H](c3ccc(F)cc3)[C@@H](c3csnn3)C2)CC1. The Bertz CT molecular complexity index is 761. The summed E-state index contributed by atoms with van der Waals surface area (Å²) in [6.07, 6.45) is 0. The average molecular weight is 390 g/mol. The van der Waals surface area contributed by atoms with Crippen molar-refractivity contribution in [1.29, 1.82) is 0 Å². The highest BCUT2D eigenvalue weighted by Gasteiger charge is 2.37. The van der Waals surface area contributed by atoms with E-state index in [1.807, 2.05) is 22.4 Å². The molecule has 0 bridgehead atoms. The highest BCUT2D eigenvalue weighted by atomic mass is 32.1. The minimum Gasteiger partial charge on any atom is -0.339 e. The maximum atomic E-state index is 13.3. The number of hydrogen-bond acceptors (Lipinski definition) is 6. The smallest absolute Gasteiger partial charge is 0.236 e. The minimum atomic E-state index is -0.231. The lowest BCUT2D eigenvalue weighted by molar-refractivity contribution is -0.133. The number of carbonyl (C=O) groups is 1. The number of likely N-dealkylation sites (tertiary alicyclic amines) is 1. The molecule has 2 atom stereocenters. The van der Waals surface area contributed by atoms with Crippen LogP contribution in [0.1, 0.15) is 23.1 Å². The second kappa shape index (κ2) is 8.00. The normalized spacial score (nSPS) is 24.4. The first-order valence-corrected chi connectivity index (χ1v) is 10.1. The number of halogens is 1. The molecule has 4 rings (SSSR count). The monoisotopic (exact) mass is 389 g/mol. The maximum Gasteiger partial charge on any atom is 0.236 e. The molecule has 0 N–H and O–H groups in total. The Labute approximate surface area is 162 Å². The molecule has 1 aromatic carbocycles. The number of aromatic nitrogens is 2. The molecule has 1 amide bonds. The van der Waals surface area contributed by atoms with Gasteiger partial charge in [0.25, 0.3) is 0 Å². The van der Waals surface area contributed by atoms with E-state index in [2.05, 4.69) is 26.4 Å². The number of benzene rings is 1. The Morgan fingerprint density at radius 2 is 1.85 bits per heavy atom. The zero-order valence-electron chi connectivity index (χ0n) is 15.4. The van der Waals surface area contributed by atoms with Gasteiger partial charge < -0.3 is 9.80 Å². The van der Waals surface area contributed by atoms with E-state index in [0.717, 1.165) is 50.5 Å². The molecule has 3 heterocycles. The molecule has 8 heteroatoms. The lowest BCUT2D eigenvalue weighted by atomic mass is 9.87. The summed E-state index contributed by atoms with van der Waals surface area (Å²) in [6, 6.07) is 6.70. The first-order chi connectivity index (χ1) is 13.1. The van der Waals surface area contributed by atoms with E-state index in [4.69, 9.17) is 0 Å². The highest BCUT2D eigenvalue weighted by molar-refractivity contribution is 7.03. The highest BCUT2D eigenvalue weighted by Crippen LogP contribution is 2.39. The quantitative estimate of drug-likeness (QED) is 0.796. The Hall–Kier alpha value is -1.90. The second-order valence-corrected chi connectivity index (χ2v) is 8.08. The van der Waals surface area contributed by atoms with E-state index in [1.165, 1.54) is 23.7 Å². The fourth-order valence-electron chi connectivity index (χ4n) is 4.04. The van der Waals surface area contributed by atoms with Gasteiger partial charge in [0.1, 0.15) is 5.82 Å². The molecule has 2 aromatic rings. The van der Waals surface area contributed by atoms with Gasteiger partial charge in [-0.3, -0.25) is 9.69 Å². The number of likely N-dealkylation sites (N-methyl/N-ethyl adjacent to an activating group) is 1. The number of carbonyl (C=O) groups excluding carboxylic acids is 1. The molecule has 2 saturated heterocycles. The van der Waals surface area contributed by atoms with Gasteiger partial charge in [-0.05, 0) is 36.3 Å². The van der Waals surface area contributed by atoms with Crippen molar-refractivity contribution in [1.82, 2.24) is 24.3 Å². The predicted molar refractivity (Wildman–Crippen MR) is 102 cm³/mol. The molecule has 27 heavy (non-hydrogen) atoms. The third-order valence-corrected chi connectivity index (χ3v) is 6.19. The molecule has 0 spiro atoms. The van der Waals surface area contributed by atoms with Crippen molar-refractivity contribution >= 4 is 17.4 Å². The topological polar surface area (TPSA) is 52.6 Å². The van der Waals surface area contributed by atoms with Crippen LogP contribution in [0, 0.1) is 5.82 Å². The minimum absolute atomic E-state index is 0.175. The van der Waals surface area contributed by atoms with Crippen molar-refractivity contribution in [2.75, 3.05) is 52.9 Å². The standard InChI is InChI=1S/C19H24FN5OS/c1-23-6-8-25(9-7-23)19(26)12-24-10-16(14-2-4-15(20)5-3-14)17(11-24)18-13-27-22-21-18/h2-5,13,16-17H,6-12H2,1H3/t16-,17+/m1/s1. The van der Waals surface area contributed by atoms with E-state index in [0.29, 0.717) is 6.54 Å². The van der Waals surface area contributed by atoms with Crippen LogP contribution in [0.2, 0.25) is 0 Å². The van der Waals surface area contributed by atoms with E-state index in [1.54, 1.807) is 0 Å². The zero-order valence-corrected chi connectivity index (χ0v) is 16.2. The third-order valence-electron chi connectivity index (χ3n) is 5.67. The molecular weight excluding hydrogens is 365 g/mol. The van der Waals surface area contributed by atoms with Crippen molar-refractivity contribution in [2.24, 2.45) is 0 Å². The second-order valence-electron chi connectivity index (χ2n) is 7.47. The van der Waals surface area contributed by atoms with Gasteiger partial charge in [0.15, 0.2) is 0 Å². The Kier molecular flexibility index (Phi) is 5.47. The van der Waals surface area contributed by atoms with Gasteiger partial charge in [0.05, 0.1) is 12.2 Å². The van der Waals surface area contributed by atoms with Crippen LogP contribution in [0.4, 0.5) is 4.39 Å². The summed E-state index contributed by atoms with van der Waals surface area (Å²) in [7, 11) is 2.09. The molecular formula is C19H24FN5OS. The molecule has 6 nitrogen and oxygen atoms in total. The van der Waals surface area contributed by atoms with Gasteiger partial charge in [-0.2, -0.15) is 0 Å². The van der Waals surface area contributed by atoms with Crippen molar-refractivity contribution in [3.8, 4) is 0 Å². The van der Waals surface area contributed by atoms with Crippen molar-refractivity contribution in [3.63, 3.8) is 0 Å². The van der Waals surface area contributed by atoms with E-state index in [-0.39, 0.29) is 23.6 Å². The summed E-state index contributed by atoms with van der Waals surface area (Å²) in [4.78, 5) is 19.1. The van der Waals surface area contributed by atoms with E-state index < -0.39 is 0 Å². The fraction of sp³-hybridized carbons (Fsp3) is 0.526. The van der Waals surface area contributed by atoms with Crippen molar-refractivity contribution in [2.45, 2.75) is 11.8 Å². The van der Waals surface area contributed by atoms with Crippen LogP contribution >= 0.6 is 11.5 Å². The first kappa shape index (κ1) is 18.5. The lowest BCUT2D eigenvalue weighted by Crippen LogP contribution is -2.49. The van der Waals surface area contributed by atoms with Crippen LogP contribution in [-0.2, 0) is 4.79 Å². The summed E-state index contributed by atoms with van der Waals surface area (Å²) in [5, 5.41) is 6.25. The lowest BCUT2D eigenvalue weighted by Gasteiger charge is -2.33. The Morgan fingerprint density at radius 1 is 1.15 bits per heavy atom. The van der Waals surface area contributed by atoms with Gasteiger partial charge in [-0.1, -0.05) is 16.6 Å². The fourth-order valence-corrected chi connectivity index (χ4v) is 4.56. The number of amides is 1. The summed E-state index contributed by atoms with van der Waals surface area (Å²) < 4.78 is 17.4. The Balaban J connectivity index is 1.47. The number of nitrogens with zero attached hydrogens (tertiary/aromatic N) is 5.